The van der Waals surface area contributed by atoms with Crippen LogP contribution in [0.1, 0.15) is 29.8 Å². The van der Waals surface area contributed by atoms with Crippen molar-refractivity contribution in [3.05, 3.63) is 76.9 Å². The van der Waals surface area contributed by atoms with E-state index in [0.29, 0.717) is 40.7 Å². The fourth-order valence-corrected chi connectivity index (χ4v) is 4.34. The number of nitrogens with two attached hydrogens (primary N) is 1. The molecule has 2 atom stereocenters. The summed E-state index contributed by atoms with van der Waals surface area (Å²) in [6, 6.07) is 18.5. The van der Waals surface area contributed by atoms with Gasteiger partial charge in [-0.1, -0.05) is 29.8 Å². The van der Waals surface area contributed by atoms with E-state index in [4.69, 9.17) is 17.3 Å². The van der Waals surface area contributed by atoms with Crippen molar-refractivity contribution in [2.24, 2.45) is 5.73 Å². The van der Waals surface area contributed by atoms with Gasteiger partial charge in [-0.15, -0.1) is 0 Å². The van der Waals surface area contributed by atoms with Crippen molar-refractivity contribution in [3.63, 3.8) is 0 Å². The van der Waals surface area contributed by atoms with Gasteiger partial charge in [0.05, 0.1) is 11.3 Å². The third-order valence-corrected chi connectivity index (χ3v) is 6.03. The summed E-state index contributed by atoms with van der Waals surface area (Å²) in [5, 5.41) is 10.8. The van der Waals surface area contributed by atoms with E-state index in [-0.39, 0.29) is 0 Å². The fraction of sp³-hybridized carbons (Fsp3) is 0.280. The van der Waals surface area contributed by atoms with Crippen molar-refractivity contribution in [2.45, 2.75) is 32.5 Å². The Hall–Kier alpha value is -3.29. The SMILES string of the molecule is CC1CN(c2ccc(Nc3cc(NCc4ccccc4Cl)c(C(N)=O)cn3)cc2)CC(C)N1. The van der Waals surface area contributed by atoms with E-state index in [1.54, 1.807) is 6.07 Å². The summed E-state index contributed by atoms with van der Waals surface area (Å²) < 4.78 is 0. The highest BCUT2D eigenvalue weighted by molar-refractivity contribution is 6.31. The Morgan fingerprint density at radius 3 is 2.52 bits per heavy atom. The van der Waals surface area contributed by atoms with E-state index >= 15 is 0 Å². The quantitative estimate of drug-likeness (QED) is 0.414. The first-order valence-electron chi connectivity index (χ1n) is 11.0. The zero-order valence-electron chi connectivity index (χ0n) is 18.8. The van der Waals surface area contributed by atoms with Gasteiger partial charge < -0.3 is 26.6 Å². The van der Waals surface area contributed by atoms with E-state index in [2.05, 4.69) is 51.8 Å². The molecule has 2 aromatic carbocycles. The lowest BCUT2D eigenvalue weighted by Crippen LogP contribution is -2.54. The highest BCUT2D eigenvalue weighted by Gasteiger charge is 2.21. The first-order chi connectivity index (χ1) is 15.9. The smallest absolute Gasteiger partial charge is 0.252 e. The number of carbonyl (C=O) groups is 1. The number of halogens is 1. The first-order valence-corrected chi connectivity index (χ1v) is 11.4. The zero-order valence-corrected chi connectivity index (χ0v) is 19.6. The average Bonchev–Trinajstić information content (AvgIpc) is 2.78. The van der Waals surface area contributed by atoms with Crippen molar-refractivity contribution in [3.8, 4) is 0 Å². The molecule has 0 radical (unpaired) electrons. The summed E-state index contributed by atoms with van der Waals surface area (Å²) in [6.45, 7) is 6.83. The summed E-state index contributed by atoms with van der Waals surface area (Å²) in [5.74, 6) is 0.0679. The number of benzene rings is 2. The van der Waals surface area contributed by atoms with Crippen LogP contribution in [0.4, 0.5) is 22.9 Å². The Morgan fingerprint density at radius 2 is 1.85 bits per heavy atom. The van der Waals surface area contributed by atoms with Crippen LogP contribution in [-0.4, -0.2) is 36.1 Å². The van der Waals surface area contributed by atoms with Gasteiger partial charge >= 0.3 is 0 Å². The van der Waals surface area contributed by atoms with Gasteiger partial charge in [0.1, 0.15) is 5.82 Å². The van der Waals surface area contributed by atoms with Crippen LogP contribution < -0.4 is 26.6 Å². The van der Waals surface area contributed by atoms with Gasteiger partial charge in [0.15, 0.2) is 0 Å². The van der Waals surface area contributed by atoms with Crippen molar-refractivity contribution in [2.75, 3.05) is 28.6 Å². The predicted molar refractivity (Wildman–Crippen MR) is 136 cm³/mol. The van der Waals surface area contributed by atoms with Crippen LogP contribution in [0.3, 0.4) is 0 Å². The molecule has 2 heterocycles. The van der Waals surface area contributed by atoms with Crippen LogP contribution in [0.25, 0.3) is 0 Å². The Balaban J connectivity index is 1.48. The number of hydrogen-bond acceptors (Lipinski definition) is 6. The first kappa shape index (κ1) is 22.9. The van der Waals surface area contributed by atoms with E-state index in [1.807, 2.05) is 36.4 Å². The summed E-state index contributed by atoms with van der Waals surface area (Å²) in [4.78, 5) is 18.6. The minimum absolute atomic E-state index is 0.324. The second-order valence-corrected chi connectivity index (χ2v) is 8.88. The average molecular weight is 465 g/mol. The van der Waals surface area contributed by atoms with E-state index in [0.717, 1.165) is 24.3 Å². The number of nitrogens with zero attached hydrogens (tertiary/aromatic N) is 2. The second kappa shape index (κ2) is 10.1. The Labute approximate surface area is 199 Å². The van der Waals surface area contributed by atoms with Gasteiger partial charge in [-0.05, 0) is 49.7 Å². The van der Waals surface area contributed by atoms with Gasteiger partial charge in [-0.2, -0.15) is 0 Å². The standard InChI is InChI=1S/C25H29ClN6O/c1-16-14-32(15-17(2)30-16)20-9-7-19(8-10-20)31-24-11-23(21(13-29-24)25(27)33)28-12-18-5-3-4-6-22(18)26/h3-11,13,16-17,30H,12,14-15H2,1-2H3,(H2,27,33)(H2,28,29,31). The zero-order chi connectivity index (χ0) is 23.4. The number of pyridine rings is 1. The Bertz CT molecular complexity index is 1110. The summed E-state index contributed by atoms with van der Waals surface area (Å²) in [6.07, 6.45) is 1.48. The molecule has 0 bridgehead atoms. The maximum Gasteiger partial charge on any atom is 0.252 e. The van der Waals surface area contributed by atoms with Gasteiger partial charge in [0.25, 0.3) is 5.91 Å². The molecule has 1 aliphatic heterocycles. The van der Waals surface area contributed by atoms with Crippen LogP contribution in [0.2, 0.25) is 5.02 Å². The molecule has 0 aliphatic carbocycles. The van der Waals surface area contributed by atoms with E-state index < -0.39 is 5.91 Å². The number of nitrogens with one attached hydrogen (secondary N) is 3. The van der Waals surface area contributed by atoms with Gasteiger partial charge in [0, 0.05) is 60.4 Å². The normalized spacial score (nSPS) is 18.1. The van der Waals surface area contributed by atoms with Gasteiger partial charge in [-0.25, -0.2) is 4.98 Å². The summed E-state index contributed by atoms with van der Waals surface area (Å²) in [7, 11) is 0. The molecular formula is C25H29ClN6O. The van der Waals surface area contributed by atoms with Crippen LogP contribution >= 0.6 is 11.6 Å². The number of rotatable bonds is 7. The predicted octanol–water partition coefficient (Wildman–Crippen LogP) is 4.38. The molecule has 33 heavy (non-hydrogen) atoms. The molecule has 7 nitrogen and oxygen atoms in total. The molecule has 5 N–H and O–H groups in total. The maximum atomic E-state index is 11.9. The van der Waals surface area contributed by atoms with Gasteiger partial charge in [0.2, 0.25) is 0 Å². The topological polar surface area (TPSA) is 95.3 Å². The van der Waals surface area contributed by atoms with Gasteiger partial charge in [-0.3, -0.25) is 4.79 Å². The fourth-order valence-electron chi connectivity index (χ4n) is 4.14. The lowest BCUT2D eigenvalue weighted by atomic mass is 10.1. The number of hydrogen-bond donors (Lipinski definition) is 4. The Morgan fingerprint density at radius 1 is 1.15 bits per heavy atom. The molecule has 4 rings (SSSR count). The highest BCUT2D eigenvalue weighted by Crippen LogP contribution is 2.25. The molecule has 1 aromatic heterocycles. The molecule has 1 aliphatic rings. The molecular weight excluding hydrogens is 436 g/mol. The molecule has 172 valence electrons. The molecule has 0 spiro atoms. The van der Waals surface area contributed by atoms with Crippen LogP contribution in [0.15, 0.2) is 60.8 Å². The van der Waals surface area contributed by atoms with Crippen molar-refractivity contribution in [1.29, 1.82) is 0 Å². The number of primary amides is 1. The van der Waals surface area contributed by atoms with Crippen molar-refractivity contribution < 1.29 is 4.79 Å². The largest absolute Gasteiger partial charge is 0.380 e. The minimum atomic E-state index is -0.542. The number of amides is 1. The van der Waals surface area contributed by atoms with E-state index in [9.17, 15) is 4.79 Å². The second-order valence-electron chi connectivity index (χ2n) is 8.47. The van der Waals surface area contributed by atoms with Crippen molar-refractivity contribution >= 4 is 40.4 Å². The molecule has 8 heteroatoms. The van der Waals surface area contributed by atoms with Crippen LogP contribution in [0.5, 0.6) is 0 Å². The molecule has 1 saturated heterocycles. The number of piperazine rings is 1. The molecule has 1 fully saturated rings. The highest BCUT2D eigenvalue weighted by atomic mass is 35.5. The lowest BCUT2D eigenvalue weighted by Gasteiger charge is -2.37. The third kappa shape index (κ3) is 5.74. The molecule has 1 amide bonds. The minimum Gasteiger partial charge on any atom is -0.380 e. The van der Waals surface area contributed by atoms with Crippen LogP contribution in [-0.2, 0) is 6.54 Å². The summed E-state index contributed by atoms with van der Waals surface area (Å²) >= 11 is 6.25. The summed E-state index contributed by atoms with van der Waals surface area (Å²) in [5.41, 5.74) is 9.50. The number of carbonyl (C=O) groups excluding carboxylic acids is 1. The third-order valence-electron chi connectivity index (χ3n) is 5.66. The Kier molecular flexibility index (Phi) is 7.01. The van der Waals surface area contributed by atoms with Crippen LogP contribution in [0, 0.1) is 0 Å². The number of aromatic nitrogens is 1. The maximum absolute atomic E-state index is 11.9. The molecule has 2 unspecified atom stereocenters. The monoisotopic (exact) mass is 464 g/mol. The van der Waals surface area contributed by atoms with E-state index in [1.165, 1.54) is 11.9 Å². The van der Waals surface area contributed by atoms with Crippen molar-refractivity contribution in [1.82, 2.24) is 10.3 Å². The lowest BCUT2D eigenvalue weighted by molar-refractivity contribution is 0.100. The number of anilines is 4. The molecule has 3 aromatic rings. The molecule has 0 saturated carbocycles.